The fourth-order valence-corrected chi connectivity index (χ4v) is 3.23. The zero-order valence-corrected chi connectivity index (χ0v) is 12.7. The lowest BCUT2D eigenvalue weighted by Gasteiger charge is -2.30. The largest absolute Gasteiger partial charge is 0.461 e. The van der Waals surface area contributed by atoms with Crippen LogP contribution in [0.25, 0.3) is 0 Å². The second-order valence-electron chi connectivity index (χ2n) is 5.95. The second-order valence-corrected chi connectivity index (χ2v) is 5.95. The number of carbonyl (C=O) groups is 2. The van der Waals surface area contributed by atoms with Crippen LogP contribution in [0.4, 0.5) is 11.4 Å². The van der Waals surface area contributed by atoms with E-state index in [-0.39, 0.29) is 37.9 Å². The summed E-state index contributed by atoms with van der Waals surface area (Å²) in [6.45, 7) is 0.225. The number of ether oxygens (including phenoxy) is 3. The number of benzene rings is 1. The number of nitrogens with zero attached hydrogens (tertiary/aromatic N) is 1. The van der Waals surface area contributed by atoms with E-state index in [1.54, 1.807) is 12.1 Å². The minimum Gasteiger partial charge on any atom is -0.461 e. The van der Waals surface area contributed by atoms with Crippen molar-refractivity contribution in [1.29, 1.82) is 0 Å². The molecule has 0 unspecified atom stereocenters. The van der Waals surface area contributed by atoms with E-state index >= 15 is 0 Å². The molecular weight excluding hydrogens is 300 g/mol. The number of fused-ring (bicyclic) bond motifs is 2. The van der Waals surface area contributed by atoms with Gasteiger partial charge in [-0.05, 0) is 25.7 Å². The van der Waals surface area contributed by atoms with Gasteiger partial charge < -0.3 is 19.5 Å². The molecule has 0 spiro atoms. The summed E-state index contributed by atoms with van der Waals surface area (Å²) in [6, 6.07) is 3.52. The normalized spacial score (nSPS) is 19.5. The van der Waals surface area contributed by atoms with Crippen LogP contribution in [0.1, 0.15) is 25.7 Å². The van der Waals surface area contributed by atoms with Crippen molar-refractivity contribution in [2.75, 3.05) is 30.1 Å². The van der Waals surface area contributed by atoms with Crippen LogP contribution in [0.15, 0.2) is 12.1 Å². The Bertz CT molecular complexity index is 654. The molecule has 1 saturated carbocycles. The summed E-state index contributed by atoms with van der Waals surface area (Å²) in [7, 11) is 0. The number of esters is 1. The first kappa shape index (κ1) is 14.2. The summed E-state index contributed by atoms with van der Waals surface area (Å²) in [6.07, 6.45) is 4.01. The van der Waals surface area contributed by atoms with Crippen LogP contribution < -0.4 is 19.7 Å². The minimum absolute atomic E-state index is 0.00302. The molecule has 122 valence electrons. The molecule has 0 bridgehead atoms. The number of hydrogen-bond donors (Lipinski definition) is 1. The maximum atomic E-state index is 12.2. The van der Waals surface area contributed by atoms with E-state index in [1.165, 1.54) is 4.90 Å². The first-order valence-electron chi connectivity index (χ1n) is 7.88. The molecule has 0 atom stereocenters. The van der Waals surface area contributed by atoms with Gasteiger partial charge in [0.2, 0.25) is 12.7 Å². The minimum atomic E-state index is -0.365. The van der Waals surface area contributed by atoms with Crippen molar-refractivity contribution >= 4 is 23.3 Å². The van der Waals surface area contributed by atoms with Crippen LogP contribution in [0.5, 0.6) is 11.5 Å². The zero-order chi connectivity index (χ0) is 15.8. The van der Waals surface area contributed by atoms with Crippen molar-refractivity contribution in [3.05, 3.63) is 12.1 Å². The molecule has 0 radical (unpaired) electrons. The molecule has 0 aromatic heterocycles. The quantitative estimate of drug-likeness (QED) is 0.854. The van der Waals surface area contributed by atoms with Crippen molar-refractivity contribution in [3.63, 3.8) is 0 Å². The lowest BCUT2D eigenvalue weighted by molar-refractivity contribution is -0.147. The zero-order valence-electron chi connectivity index (χ0n) is 12.7. The van der Waals surface area contributed by atoms with E-state index < -0.39 is 0 Å². The smallest absolute Gasteiger partial charge is 0.326 e. The van der Waals surface area contributed by atoms with Crippen LogP contribution >= 0.6 is 0 Å². The van der Waals surface area contributed by atoms with E-state index in [1.807, 2.05) is 0 Å². The molecular formula is C16H18N2O5. The highest BCUT2D eigenvalue weighted by Crippen LogP contribution is 2.42. The summed E-state index contributed by atoms with van der Waals surface area (Å²) in [4.78, 5) is 25.8. The van der Waals surface area contributed by atoms with Gasteiger partial charge in [0.05, 0.1) is 17.9 Å². The Morgan fingerprint density at radius 1 is 1.26 bits per heavy atom. The Hall–Kier alpha value is -2.44. The Labute approximate surface area is 133 Å². The van der Waals surface area contributed by atoms with Gasteiger partial charge in [-0.25, -0.2) is 0 Å². The standard InChI is InChI=1S/C16H18N2O5/c19-15-7-17-11-5-13-14(22-9-21-13)6-12(11)18(15)8-16(20)23-10-3-1-2-4-10/h5-6,10,17H,1-4,7-9H2. The number of amides is 1. The Morgan fingerprint density at radius 2 is 2.00 bits per heavy atom. The molecule has 1 fully saturated rings. The van der Waals surface area contributed by atoms with Crippen LogP contribution in [0, 0.1) is 0 Å². The second kappa shape index (κ2) is 5.64. The molecule has 7 heteroatoms. The van der Waals surface area contributed by atoms with Crippen molar-refractivity contribution in [3.8, 4) is 11.5 Å². The average Bonchev–Trinajstić information content (AvgIpc) is 3.19. The van der Waals surface area contributed by atoms with Gasteiger partial charge >= 0.3 is 5.97 Å². The Kier molecular flexibility index (Phi) is 3.48. The van der Waals surface area contributed by atoms with E-state index in [0.717, 1.165) is 31.4 Å². The lowest BCUT2D eigenvalue weighted by atomic mass is 10.1. The molecule has 1 amide bonds. The third kappa shape index (κ3) is 2.67. The number of rotatable bonds is 3. The van der Waals surface area contributed by atoms with E-state index in [4.69, 9.17) is 14.2 Å². The predicted molar refractivity (Wildman–Crippen MR) is 81.8 cm³/mol. The molecule has 1 aromatic carbocycles. The van der Waals surface area contributed by atoms with Crippen molar-refractivity contribution in [2.24, 2.45) is 0 Å². The number of carbonyl (C=O) groups excluding carboxylic acids is 2. The number of nitrogens with one attached hydrogen (secondary N) is 1. The summed E-state index contributed by atoms with van der Waals surface area (Å²) in [5, 5.41) is 3.04. The summed E-state index contributed by atoms with van der Waals surface area (Å²) in [5.74, 6) is 0.684. The molecule has 3 aliphatic rings. The molecule has 2 aliphatic heterocycles. The predicted octanol–water partition coefficient (Wildman–Crippen LogP) is 1.66. The van der Waals surface area contributed by atoms with Crippen LogP contribution in [0.2, 0.25) is 0 Å². The van der Waals surface area contributed by atoms with Crippen molar-refractivity contribution in [2.45, 2.75) is 31.8 Å². The van der Waals surface area contributed by atoms with E-state index in [2.05, 4.69) is 5.32 Å². The van der Waals surface area contributed by atoms with E-state index in [9.17, 15) is 9.59 Å². The maximum absolute atomic E-state index is 12.2. The van der Waals surface area contributed by atoms with Gasteiger partial charge in [0.15, 0.2) is 11.5 Å². The summed E-state index contributed by atoms with van der Waals surface area (Å²) >= 11 is 0. The van der Waals surface area contributed by atoms with Crippen molar-refractivity contribution in [1.82, 2.24) is 0 Å². The van der Waals surface area contributed by atoms with Gasteiger partial charge in [0.1, 0.15) is 12.6 Å². The number of anilines is 2. The lowest BCUT2D eigenvalue weighted by Crippen LogP contribution is -2.43. The van der Waals surface area contributed by atoms with Crippen LogP contribution in [-0.2, 0) is 14.3 Å². The van der Waals surface area contributed by atoms with Gasteiger partial charge in [-0.15, -0.1) is 0 Å². The monoisotopic (exact) mass is 318 g/mol. The average molecular weight is 318 g/mol. The van der Waals surface area contributed by atoms with Crippen LogP contribution in [0.3, 0.4) is 0 Å². The topological polar surface area (TPSA) is 77.1 Å². The van der Waals surface area contributed by atoms with Gasteiger partial charge in [-0.1, -0.05) is 0 Å². The highest BCUT2D eigenvalue weighted by atomic mass is 16.7. The fraction of sp³-hybridized carbons (Fsp3) is 0.500. The highest BCUT2D eigenvalue weighted by molar-refractivity contribution is 6.06. The SMILES string of the molecule is O=C(CN1C(=O)CNc2cc3c(cc21)OCO3)OC1CCCC1. The molecule has 4 rings (SSSR count). The van der Waals surface area contributed by atoms with Gasteiger partial charge in [-0.3, -0.25) is 14.5 Å². The Balaban J connectivity index is 1.54. The highest BCUT2D eigenvalue weighted by Gasteiger charge is 2.30. The first-order valence-corrected chi connectivity index (χ1v) is 7.88. The summed E-state index contributed by atoms with van der Waals surface area (Å²) in [5.41, 5.74) is 1.37. The molecule has 1 aromatic rings. The Morgan fingerprint density at radius 3 is 2.78 bits per heavy atom. The molecule has 0 saturated heterocycles. The summed E-state index contributed by atoms with van der Waals surface area (Å²) < 4.78 is 16.2. The number of hydrogen-bond acceptors (Lipinski definition) is 6. The molecule has 7 nitrogen and oxygen atoms in total. The molecule has 1 N–H and O–H groups in total. The first-order chi connectivity index (χ1) is 11.2. The molecule has 23 heavy (non-hydrogen) atoms. The molecule has 2 heterocycles. The third-order valence-electron chi connectivity index (χ3n) is 4.40. The van der Waals surface area contributed by atoms with Gasteiger partial charge in [-0.2, -0.15) is 0 Å². The van der Waals surface area contributed by atoms with E-state index in [0.29, 0.717) is 17.2 Å². The third-order valence-corrected chi connectivity index (χ3v) is 4.40. The van der Waals surface area contributed by atoms with Gasteiger partial charge in [0, 0.05) is 12.1 Å². The van der Waals surface area contributed by atoms with Crippen LogP contribution in [-0.4, -0.2) is 37.9 Å². The maximum Gasteiger partial charge on any atom is 0.326 e. The fourth-order valence-electron chi connectivity index (χ4n) is 3.23. The van der Waals surface area contributed by atoms with Crippen molar-refractivity contribution < 1.29 is 23.8 Å². The van der Waals surface area contributed by atoms with Gasteiger partial charge in [0.25, 0.3) is 0 Å². The molecule has 1 aliphatic carbocycles.